The van der Waals surface area contributed by atoms with Gasteiger partial charge in [0.2, 0.25) is 0 Å². The summed E-state index contributed by atoms with van der Waals surface area (Å²) in [5, 5.41) is 12.3. The van der Waals surface area contributed by atoms with Gasteiger partial charge in [0.1, 0.15) is 15.4 Å². The zero-order valence-corrected chi connectivity index (χ0v) is 13.4. The highest BCUT2D eigenvalue weighted by molar-refractivity contribution is 7.91. The van der Waals surface area contributed by atoms with Gasteiger partial charge in [0.15, 0.2) is 11.5 Å². The van der Waals surface area contributed by atoms with Crippen LogP contribution in [0.25, 0.3) is 0 Å². The molecule has 0 aromatic carbocycles. The van der Waals surface area contributed by atoms with Gasteiger partial charge in [-0.15, -0.1) is 0 Å². The second-order valence-corrected chi connectivity index (χ2v) is 8.18. The van der Waals surface area contributed by atoms with Crippen LogP contribution in [0.2, 0.25) is 0 Å². The van der Waals surface area contributed by atoms with Crippen molar-refractivity contribution in [1.29, 1.82) is 0 Å². The van der Waals surface area contributed by atoms with Crippen LogP contribution in [-0.2, 0) is 9.84 Å². The number of carbonyl (C=O) groups excluding carboxylic acids is 1. The second kappa shape index (κ2) is 6.15. The molecule has 0 aliphatic carbocycles. The molecule has 1 fully saturated rings. The lowest BCUT2D eigenvalue weighted by atomic mass is 10.1. The van der Waals surface area contributed by atoms with E-state index in [9.17, 15) is 18.3 Å². The fraction of sp³-hybridized carbons (Fsp3) is 0.533. The first-order valence-corrected chi connectivity index (χ1v) is 8.83. The monoisotopic (exact) mass is 325 g/mol. The molecule has 1 aromatic rings. The van der Waals surface area contributed by atoms with Crippen LogP contribution in [0, 0.1) is 11.8 Å². The summed E-state index contributed by atoms with van der Waals surface area (Å²) in [7, 11) is -2.95. The molecule has 7 heteroatoms. The summed E-state index contributed by atoms with van der Waals surface area (Å²) in [4.78, 5) is 12.0. The van der Waals surface area contributed by atoms with E-state index in [0.29, 0.717) is 18.6 Å². The highest BCUT2D eigenvalue weighted by Gasteiger charge is 2.25. The maximum atomic E-state index is 12.0. The maximum Gasteiger partial charge on any atom is 0.287 e. The van der Waals surface area contributed by atoms with E-state index in [1.54, 1.807) is 19.9 Å². The minimum Gasteiger partial charge on any atom is -0.443 e. The van der Waals surface area contributed by atoms with E-state index in [2.05, 4.69) is 17.2 Å². The number of aliphatic hydroxyl groups is 1. The molecule has 6 nitrogen and oxygen atoms in total. The molecule has 0 radical (unpaired) electrons. The molecule has 1 aliphatic heterocycles. The van der Waals surface area contributed by atoms with Gasteiger partial charge in [-0.3, -0.25) is 4.79 Å². The summed E-state index contributed by atoms with van der Waals surface area (Å²) in [6.45, 7) is 3.10. The van der Waals surface area contributed by atoms with Crippen molar-refractivity contribution >= 4 is 15.7 Å². The van der Waals surface area contributed by atoms with Crippen molar-refractivity contribution in [3.63, 3.8) is 0 Å². The Hall–Kier alpha value is -1.78. The van der Waals surface area contributed by atoms with Crippen LogP contribution in [0.5, 0.6) is 0 Å². The summed E-state index contributed by atoms with van der Waals surface area (Å²) in [6.07, 6.45) is 0.834. The van der Waals surface area contributed by atoms with Gasteiger partial charge in [0.25, 0.3) is 5.91 Å². The van der Waals surface area contributed by atoms with Crippen molar-refractivity contribution in [3.05, 3.63) is 23.7 Å². The predicted octanol–water partition coefficient (Wildman–Crippen LogP) is 0.709. The zero-order valence-electron chi connectivity index (χ0n) is 12.5. The van der Waals surface area contributed by atoms with Gasteiger partial charge in [-0.2, -0.15) is 0 Å². The first-order valence-electron chi connectivity index (χ1n) is 7.01. The summed E-state index contributed by atoms with van der Waals surface area (Å²) < 4.78 is 28.0. The summed E-state index contributed by atoms with van der Waals surface area (Å²) in [5.74, 6) is 5.45. The number of amides is 1. The van der Waals surface area contributed by atoms with Crippen LogP contribution >= 0.6 is 0 Å². The number of rotatable bonds is 2. The fourth-order valence-corrected chi connectivity index (χ4v) is 3.52. The third-order valence-corrected chi connectivity index (χ3v) is 4.93. The molecule has 0 saturated carbocycles. The lowest BCUT2D eigenvalue weighted by Gasteiger charge is -2.22. The molecule has 1 aromatic heterocycles. The Morgan fingerprint density at radius 3 is 2.59 bits per heavy atom. The van der Waals surface area contributed by atoms with E-state index in [-0.39, 0.29) is 29.2 Å². The lowest BCUT2D eigenvalue weighted by molar-refractivity contribution is 0.0905. The number of furan rings is 1. The highest BCUT2D eigenvalue weighted by Crippen LogP contribution is 2.14. The van der Waals surface area contributed by atoms with Crippen molar-refractivity contribution in [3.8, 4) is 11.8 Å². The largest absolute Gasteiger partial charge is 0.443 e. The molecule has 1 saturated heterocycles. The molecule has 0 spiro atoms. The standard InChI is InChI=1S/C15H19NO5S/c1-15(2,18)8-5-12-3-4-13(21-12)14(17)16-11-6-9-22(19,20)10-7-11/h3-4,11,18H,6-7,9-10H2,1-2H3,(H,16,17). The van der Waals surface area contributed by atoms with Crippen molar-refractivity contribution in [2.75, 3.05) is 11.5 Å². The Bertz CT molecular complexity index is 701. The molecular formula is C15H19NO5S. The third kappa shape index (κ3) is 4.90. The van der Waals surface area contributed by atoms with Crippen LogP contribution < -0.4 is 5.32 Å². The Balaban J connectivity index is 1.96. The Morgan fingerprint density at radius 1 is 1.36 bits per heavy atom. The second-order valence-electron chi connectivity index (χ2n) is 5.87. The van der Waals surface area contributed by atoms with Crippen molar-refractivity contribution in [1.82, 2.24) is 5.32 Å². The average Bonchev–Trinajstić information content (AvgIpc) is 2.87. The molecule has 0 unspecified atom stereocenters. The van der Waals surface area contributed by atoms with Crippen LogP contribution in [0.1, 0.15) is 43.0 Å². The zero-order chi connectivity index (χ0) is 16.4. The van der Waals surface area contributed by atoms with Gasteiger partial charge in [-0.25, -0.2) is 8.42 Å². The molecule has 0 atom stereocenters. The molecule has 2 rings (SSSR count). The van der Waals surface area contributed by atoms with Crippen LogP contribution in [0.4, 0.5) is 0 Å². The Kier molecular flexibility index (Phi) is 4.63. The third-order valence-electron chi connectivity index (χ3n) is 3.21. The Morgan fingerprint density at radius 2 is 2.00 bits per heavy atom. The van der Waals surface area contributed by atoms with Gasteiger partial charge >= 0.3 is 0 Å². The van der Waals surface area contributed by atoms with E-state index in [4.69, 9.17) is 4.42 Å². The predicted molar refractivity (Wildman–Crippen MR) is 81.0 cm³/mol. The first-order chi connectivity index (χ1) is 10.1. The highest BCUT2D eigenvalue weighted by atomic mass is 32.2. The number of nitrogens with one attached hydrogen (secondary N) is 1. The number of hydrogen-bond donors (Lipinski definition) is 2. The van der Waals surface area contributed by atoms with Gasteiger partial charge < -0.3 is 14.8 Å². The first kappa shape index (κ1) is 16.6. The number of sulfone groups is 1. The summed E-state index contributed by atoms with van der Waals surface area (Å²) in [6, 6.07) is 2.90. The van der Waals surface area contributed by atoms with E-state index >= 15 is 0 Å². The number of hydrogen-bond acceptors (Lipinski definition) is 5. The molecule has 1 amide bonds. The van der Waals surface area contributed by atoms with Crippen LogP contribution in [0.3, 0.4) is 0 Å². The van der Waals surface area contributed by atoms with Gasteiger partial charge in [-0.1, -0.05) is 5.92 Å². The molecule has 0 bridgehead atoms. The smallest absolute Gasteiger partial charge is 0.287 e. The molecule has 2 N–H and O–H groups in total. The van der Waals surface area contributed by atoms with Crippen molar-refractivity contribution in [2.45, 2.75) is 38.3 Å². The van der Waals surface area contributed by atoms with E-state index in [1.165, 1.54) is 6.07 Å². The quantitative estimate of drug-likeness (QED) is 0.781. The SMILES string of the molecule is CC(C)(O)C#Cc1ccc(C(=O)NC2CCS(=O)(=O)CC2)o1. The van der Waals surface area contributed by atoms with Crippen LogP contribution in [-0.4, -0.2) is 42.6 Å². The molecule has 22 heavy (non-hydrogen) atoms. The molecule has 1 aliphatic rings. The van der Waals surface area contributed by atoms with E-state index in [0.717, 1.165) is 0 Å². The average molecular weight is 325 g/mol. The minimum absolute atomic E-state index is 0.0956. The topological polar surface area (TPSA) is 96.6 Å². The normalized spacial score (nSPS) is 18.3. The van der Waals surface area contributed by atoms with Gasteiger partial charge in [0, 0.05) is 6.04 Å². The molecule has 120 valence electrons. The van der Waals surface area contributed by atoms with E-state index < -0.39 is 15.4 Å². The fourth-order valence-electron chi connectivity index (χ4n) is 2.03. The van der Waals surface area contributed by atoms with Crippen LogP contribution in [0.15, 0.2) is 16.5 Å². The van der Waals surface area contributed by atoms with Crippen molar-refractivity contribution < 1.29 is 22.7 Å². The molecule has 2 heterocycles. The minimum atomic E-state index is -2.95. The number of carbonyl (C=O) groups is 1. The van der Waals surface area contributed by atoms with E-state index in [1.807, 2.05) is 0 Å². The van der Waals surface area contributed by atoms with Gasteiger partial charge in [0.05, 0.1) is 11.5 Å². The molecular weight excluding hydrogens is 306 g/mol. The maximum absolute atomic E-state index is 12.0. The summed E-state index contributed by atoms with van der Waals surface area (Å²) >= 11 is 0. The Labute approximate surface area is 129 Å². The van der Waals surface area contributed by atoms with Gasteiger partial charge in [-0.05, 0) is 44.7 Å². The van der Waals surface area contributed by atoms with Crippen molar-refractivity contribution in [2.24, 2.45) is 0 Å². The summed E-state index contributed by atoms with van der Waals surface area (Å²) in [5.41, 5.74) is -1.14. The lowest BCUT2D eigenvalue weighted by Crippen LogP contribution is -2.40.